The second kappa shape index (κ2) is 8.27. The molecule has 0 bridgehead atoms. The van der Waals surface area contributed by atoms with Crippen LogP contribution in [0, 0.1) is 0 Å². The topological polar surface area (TPSA) is 85.9 Å². The minimum atomic E-state index is -0.300. The van der Waals surface area contributed by atoms with Crippen molar-refractivity contribution in [2.24, 2.45) is 0 Å². The average molecular weight is 368 g/mol. The van der Waals surface area contributed by atoms with Gasteiger partial charge in [0.15, 0.2) is 18.1 Å². The van der Waals surface area contributed by atoms with Crippen LogP contribution in [0.2, 0.25) is 0 Å². The van der Waals surface area contributed by atoms with Gasteiger partial charge in [-0.2, -0.15) is 0 Å². The van der Waals surface area contributed by atoms with Gasteiger partial charge in [-0.1, -0.05) is 6.07 Å². The number of carbonyl (C=O) groups is 2. The number of ether oxygens (including phenoxy) is 3. The zero-order valence-electron chi connectivity index (χ0n) is 15.1. The number of benzene rings is 2. The molecule has 1 heterocycles. The molecule has 0 spiro atoms. The summed E-state index contributed by atoms with van der Waals surface area (Å²) in [5.41, 5.74) is 1.89. The molecule has 7 heteroatoms. The lowest BCUT2D eigenvalue weighted by molar-refractivity contribution is -0.118. The molecule has 0 aromatic heterocycles. The molecule has 2 amide bonds. The summed E-state index contributed by atoms with van der Waals surface area (Å²) in [5, 5.41) is 5.45. The van der Waals surface area contributed by atoms with Crippen molar-refractivity contribution in [2.75, 3.05) is 31.0 Å². The summed E-state index contributed by atoms with van der Waals surface area (Å²) in [6, 6.07) is 10.5. The highest BCUT2D eigenvalue weighted by molar-refractivity contribution is 6.03. The van der Waals surface area contributed by atoms with Crippen LogP contribution in [0.25, 0.3) is 6.08 Å². The number of hydrogen-bond acceptors (Lipinski definition) is 5. The molecule has 2 aromatic rings. The fourth-order valence-corrected chi connectivity index (χ4v) is 2.58. The van der Waals surface area contributed by atoms with Crippen molar-refractivity contribution >= 4 is 29.3 Å². The first-order chi connectivity index (χ1) is 13.1. The number of hydrogen-bond donors (Lipinski definition) is 2. The number of rotatable bonds is 6. The molecule has 1 aliphatic heterocycles. The quantitative estimate of drug-likeness (QED) is 0.766. The molecule has 0 atom stereocenters. The Morgan fingerprint density at radius 1 is 1.26 bits per heavy atom. The highest BCUT2D eigenvalue weighted by Crippen LogP contribution is 2.31. The normalized spacial score (nSPS) is 12.7. The van der Waals surface area contributed by atoms with Gasteiger partial charge < -0.3 is 24.8 Å². The predicted octanol–water partition coefficient (Wildman–Crippen LogP) is 3.08. The van der Waals surface area contributed by atoms with Crippen molar-refractivity contribution in [3.05, 3.63) is 48.0 Å². The minimum absolute atomic E-state index is 0.00695. The average Bonchev–Trinajstić information content (AvgIpc) is 2.67. The summed E-state index contributed by atoms with van der Waals surface area (Å²) in [6.45, 7) is 2.43. The second-order valence-electron chi connectivity index (χ2n) is 5.71. The van der Waals surface area contributed by atoms with Gasteiger partial charge >= 0.3 is 0 Å². The molecule has 7 nitrogen and oxygen atoms in total. The van der Waals surface area contributed by atoms with Crippen LogP contribution in [-0.2, 0) is 9.59 Å². The SMILES string of the molecule is CCOc1ccc(/C=C/C(=O)Nc2ccc3c(c2)NC(=O)CO3)cc1OC. The molecule has 1 aliphatic rings. The molecule has 0 unspecified atom stereocenters. The van der Waals surface area contributed by atoms with Crippen LogP contribution >= 0.6 is 0 Å². The Hall–Kier alpha value is -3.48. The van der Waals surface area contributed by atoms with E-state index in [-0.39, 0.29) is 18.4 Å². The molecule has 0 radical (unpaired) electrons. The second-order valence-corrected chi connectivity index (χ2v) is 5.71. The van der Waals surface area contributed by atoms with E-state index >= 15 is 0 Å². The van der Waals surface area contributed by atoms with Crippen LogP contribution in [0.5, 0.6) is 17.2 Å². The molecule has 140 valence electrons. The van der Waals surface area contributed by atoms with E-state index < -0.39 is 0 Å². The van der Waals surface area contributed by atoms with Crippen LogP contribution < -0.4 is 24.8 Å². The number of carbonyl (C=O) groups excluding carboxylic acids is 2. The van der Waals surface area contributed by atoms with E-state index in [1.165, 1.54) is 6.08 Å². The van der Waals surface area contributed by atoms with Crippen LogP contribution in [0.3, 0.4) is 0 Å². The molecule has 0 saturated carbocycles. The standard InChI is InChI=1S/C20H20N2O5/c1-3-26-17-7-4-13(10-18(17)25-2)5-9-19(23)21-14-6-8-16-15(11-14)22-20(24)12-27-16/h4-11H,3,12H2,1-2H3,(H,21,23)(H,22,24)/b9-5+. The smallest absolute Gasteiger partial charge is 0.262 e. The highest BCUT2D eigenvalue weighted by atomic mass is 16.5. The van der Waals surface area contributed by atoms with Gasteiger partial charge in [-0.15, -0.1) is 0 Å². The number of nitrogens with one attached hydrogen (secondary N) is 2. The third-order valence-electron chi connectivity index (χ3n) is 3.79. The van der Waals surface area contributed by atoms with Gasteiger partial charge in [0.25, 0.3) is 5.91 Å². The van der Waals surface area contributed by atoms with Gasteiger partial charge in [0, 0.05) is 11.8 Å². The summed E-state index contributed by atoms with van der Waals surface area (Å²) in [4.78, 5) is 23.6. The molecule has 2 N–H and O–H groups in total. The molecule has 0 aliphatic carbocycles. The van der Waals surface area contributed by atoms with Gasteiger partial charge in [-0.05, 0) is 48.9 Å². The zero-order chi connectivity index (χ0) is 19.2. The Morgan fingerprint density at radius 3 is 2.89 bits per heavy atom. The lowest BCUT2D eigenvalue weighted by Crippen LogP contribution is -2.25. The molecule has 2 aromatic carbocycles. The fraction of sp³-hybridized carbons (Fsp3) is 0.200. The summed E-state index contributed by atoms with van der Waals surface area (Å²) < 4.78 is 16.1. The number of amides is 2. The monoisotopic (exact) mass is 368 g/mol. The van der Waals surface area contributed by atoms with Crippen molar-refractivity contribution in [3.8, 4) is 17.2 Å². The van der Waals surface area contributed by atoms with E-state index in [4.69, 9.17) is 14.2 Å². The van der Waals surface area contributed by atoms with Crippen molar-refractivity contribution in [2.45, 2.75) is 6.92 Å². The van der Waals surface area contributed by atoms with E-state index in [2.05, 4.69) is 10.6 Å². The summed E-state index contributed by atoms with van der Waals surface area (Å²) in [7, 11) is 1.57. The Morgan fingerprint density at radius 2 is 2.11 bits per heavy atom. The maximum absolute atomic E-state index is 12.2. The Kier molecular flexibility index (Phi) is 5.61. The van der Waals surface area contributed by atoms with Crippen molar-refractivity contribution in [3.63, 3.8) is 0 Å². The van der Waals surface area contributed by atoms with Gasteiger partial charge in [0.1, 0.15) is 5.75 Å². The highest BCUT2D eigenvalue weighted by Gasteiger charge is 2.16. The van der Waals surface area contributed by atoms with Crippen LogP contribution in [-0.4, -0.2) is 32.1 Å². The van der Waals surface area contributed by atoms with E-state index in [0.717, 1.165) is 5.56 Å². The van der Waals surface area contributed by atoms with Crippen LogP contribution in [0.4, 0.5) is 11.4 Å². The third-order valence-corrected chi connectivity index (χ3v) is 3.79. The van der Waals surface area contributed by atoms with E-state index in [9.17, 15) is 9.59 Å². The molecule has 3 rings (SSSR count). The summed E-state index contributed by atoms with van der Waals surface area (Å²) >= 11 is 0. The first-order valence-corrected chi connectivity index (χ1v) is 8.45. The number of anilines is 2. The fourth-order valence-electron chi connectivity index (χ4n) is 2.58. The lowest BCUT2D eigenvalue weighted by atomic mass is 10.2. The number of methoxy groups -OCH3 is 1. The van der Waals surface area contributed by atoms with Crippen LogP contribution in [0.1, 0.15) is 12.5 Å². The molecular weight excluding hydrogens is 348 g/mol. The lowest BCUT2D eigenvalue weighted by Gasteiger charge is -2.18. The molecule has 0 fully saturated rings. The van der Waals surface area contributed by atoms with Crippen molar-refractivity contribution < 1.29 is 23.8 Å². The summed E-state index contributed by atoms with van der Waals surface area (Å²) in [6.07, 6.45) is 3.10. The van der Waals surface area contributed by atoms with E-state index in [1.807, 2.05) is 13.0 Å². The Balaban J connectivity index is 1.67. The largest absolute Gasteiger partial charge is 0.493 e. The van der Waals surface area contributed by atoms with Crippen LogP contribution in [0.15, 0.2) is 42.5 Å². The van der Waals surface area contributed by atoms with Crippen molar-refractivity contribution in [1.82, 2.24) is 0 Å². The summed E-state index contributed by atoms with van der Waals surface area (Å²) in [5.74, 6) is 1.30. The predicted molar refractivity (Wildman–Crippen MR) is 102 cm³/mol. The molecule has 27 heavy (non-hydrogen) atoms. The molecular formula is C20H20N2O5. The van der Waals surface area contributed by atoms with Gasteiger partial charge in [0.05, 0.1) is 19.4 Å². The Bertz CT molecular complexity index is 892. The maximum Gasteiger partial charge on any atom is 0.262 e. The van der Waals surface area contributed by atoms with E-state index in [0.29, 0.717) is 35.2 Å². The maximum atomic E-state index is 12.2. The Labute approximate surface area is 156 Å². The number of fused-ring (bicyclic) bond motifs is 1. The minimum Gasteiger partial charge on any atom is -0.493 e. The van der Waals surface area contributed by atoms with Gasteiger partial charge in [-0.25, -0.2) is 0 Å². The zero-order valence-corrected chi connectivity index (χ0v) is 15.1. The molecule has 0 saturated heterocycles. The first kappa shape index (κ1) is 18.3. The van der Waals surface area contributed by atoms with Crippen molar-refractivity contribution in [1.29, 1.82) is 0 Å². The third kappa shape index (κ3) is 4.58. The van der Waals surface area contributed by atoms with E-state index in [1.54, 1.807) is 43.5 Å². The first-order valence-electron chi connectivity index (χ1n) is 8.45. The van der Waals surface area contributed by atoms with Gasteiger partial charge in [0.2, 0.25) is 5.91 Å². The van der Waals surface area contributed by atoms with Gasteiger partial charge in [-0.3, -0.25) is 9.59 Å².